The third-order valence-electron chi connectivity index (χ3n) is 5.12. The van der Waals surface area contributed by atoms with Crippen molar-refractivity contribution in [2.45, 2.75) is 16.4 Å². The molecule has 0 spiro atoms. The summed E-state index contributed by atoms with van der Waals surface area (Å²) in [5.41, 5.74) is 3.09. The summed E-state index contributed by atoms with van der Waals surface area (Å²) in [5, 5.41) is 10.4. The van der Waals surface area contributed by atoms with Crippen molar-refractivity contribution < 1.29 is 8.81 Å². The number of fused-ring (bicyclic) bond motifs is 1. The minimum atomic E-state index is -0.0617. The van der Waals surface area contributed by atoms with Crippen LogP contribution in [-0.4, -0.2) is 4.98 Å². The number of aromatic nitrogens is 1. The molecule has 1 heterocycles. The zero-order valence-corrected chi connectivity index (χ0v) is 16.7. The first-order valence-corrected chi connectivity index (χ1v) is 10.3. The smallest absolute Gasteiger partial charge is 0.224 e. The number of halogens is 2. The summed E-state index contributed by atoms with van der Waals surface area (Å²) >= 11 is 7.45. The van der Waals surface area contributed by atoms with E-state index in [4.69, 9.17) is 26.3 Å². The number of allylic oxidation sites excluding steroid dienone is 4. The third-order valence-corrected chi connectivity index (χ3v) is 6.34. The number of benzene rings is 2. The number of oxazole rings is 1. The number of nitrogens with zero attached hydrogens (tertiary/aromatic N) is 2. The van der Waals surface area contributed by atoms with Gasteiger partial charge in [-0.15, -0.1) is 0 Å². The van der Waals surface area contributed by atoms with E-state index in [1.54, 1.807) is 18.2 Å². The van der Waals surface area contributed by atoms with E-state index in [1.807, 2.05) is 36.4 Å². The molecule has 29 heavy (non-hydrogen) atoms. The van der Waals surface area contributed by atoms with Crippen molar-refractivity contribution in [3.05, 3.63) is 83.0 Å². The molecule has 2 atom stereocenters. The van der Waals surface area contributed by atoms with Crippen molar-refractivity contribution in [2.75, 3.05) is 0 Å². The highest BCUT2D eigenvalue weighted by Gasteiger charge is 2.46. The van der Waals surface area contributed by atoms with Crippen LogP contribution in [0, 0.1) is 23.2 Å². The molecule has 3 aromatic rings. The monoisotopic (exact) mass is 420 g/mol. The lowest BCUT2D eigenvalue weighted by Crippen LogP contribution is -1.95. The van der Waals surface area contributed by atoms with Gasteiger partial charge in [0, 0.05) is 27.0 Å². The van der Waals surface area contributed by atoms with Crippen molar-refractivity contribution in [3.8, 4) is 17.3 Å². The highest BCUT2D eigenvalue weighted by atomic mass is 35.5. The van der Waals surface area contributed by atoms with E-state index in [9.17, 15) is 4.39 Å². The molecule has 2 aliphatic rings. The first-order valence-electron chi connectivity index (χ1n) is 9.15. The highest BCUT2D eigenvalue weighted by molar-refractivity contribution is 7.99. The van der Waals surface area contributed by atoms with Crippen molar-refractivity contribution in [3.63, 3.8) is 0 Å². The number of rotatable bonds is 4. The molecule has 2 aliphatic carbocycles. The van der Waals surface area contributed by atoms with Crippen molar-refractivity contribution in [2.24, 2.45) is 11.8 Å². The van der Waals surface area contributed by atoms with E-state index >= 15 is 0 Å². The summed E-state index contributed by atoms with van der Waals surface area (Å²) in [6.45, 7) is 0. The van der Waals surface area contributed by atoms with Gasteiger partial charge in [-0.2, -0.15) is 5.26 Å². The lowest BCUT2D eigenvalue weighted by Gasteiger charge is -2.05. The Balaban J connectivity index is 1.56. The molecule has 1 aromatic heterocycles. The molecule has 2 aromatic carbocycles. The van der Waals surface area contributed by atoms with Crippen LogP contribution >= 0.6 is 23.4 Å². The average Bonchev–Trinajstić information content (AvgIpc) is 3.45. The Morgan fingerprint density at radius 2 is 1.83 bits per heavy atom. The predicted octanol–water partition coefficient (Wildman–Crippen LogP) is 6.90. The Bertz CT molecular complexity index is 1190. The van der Waals surface area contributed by atoms with Crippen LogP contribution in [0.2, 0.25) is 5.02 Å². The molecule has 0 bridgehead atoms. The van der Waals surface area contributed by atoms with Crippen LogP contribution in [0.25, 0.3) is 16.8 Å². The Morgan fingerprint density at radius 3 is 2.55 bits per heavy atom. The fourth-order valence-electron chi connectivity index (χ4n) is 3.48. The fourth-order valence-corrected chi connectivity index (χ4v) is 4.48. The summed E-state index contributed by atoms with van der Waals surface area (Å²) in [6, 6.07) is 16.9. The Kier molecular flexibility index (Phi) is 4.54. The van der Waals surface area contributed by atoms with Crippen LogP contribution in [0.15, 0.2) is 80.9 Å². The maximum Gasteiger partial charge on any atom is 0.224 e. The molecular formula is C23H14ClFN2OS. The van der Waals surface area contributed by atoms with Gasteiger partial charge in [0.05, 0.1) is 11.6 Å². The maximum atomic E-state index is 13.8. The average molecular weight is 421 g/mol. The SMILES string of the molecule is N#Cc1ccc(-c2nc(C3=CC=C(F)C4CC34)oc2Sc2ccc(Cl)cc2)cc1. The zero-order chi connectivity index (χ0) is 20.0. The molecule has 0 amide bonds. The zero-order valence-electron chi connectivity index (χ0n) is 15.1. The molecule has 142 valence electrons. The van der Waals surface area contributed by atoms with Gasteiger partial charge in [0.25, 0.3) is 0 Å². The van der Waals surface area contributed by atoms with E-state index < -0.39 is 0 Å². The molecule has 0 N–H and O–H groups in total. The lowest BCUT2D eigenvalue weighted by atomic mass is 10.0. The first kappa shape index (κ1) is 18.2. The second-order valence-corrected chi connectivity index (χ2v) is 8.51. The quantitative estimate of drug-likeness (QED) is 0.460. The van der Waals surface area contributed by atoms with Crippen LogP contribution in [0.1, 0.15) is 17.9 Å². The lowest BCUT2D eigenvalue weighted by molar-refractivity contribution is 0.454. The van der Waals surface area contributed by atoms with Gasteiger partial charge < -0.3 is 4.42 Å². The molecular weight excluding hydrogens is 407 g/mol. The molecule has 1 saturated carbocycles. The van der Waals surface area contributed by atoms with Gasteiger partial charge in [-0.3, -0.25) is 0 Å². The van der Waals surface area contributed by atoms with E-state index in [2.05, 4.69) is 6.07 Å². The summed E-state index contributed by atoms with van der Waals surface area (Å²) in [5.74, 6) is 0.568. The van der Waals surface area contributed by atoms with Gasteiger partial charge in [0.2, 0.25) is 5.89 Å². The summed E-state index contributed by atoms with van der Waals surface area (Å²) in [6.07, 6.45) is 4.08. The summed E-state index contributed by atoms with van der Waals surface area (Å²) < 4.78 is 19.9. The predicted molar refractivity (Wildman–Crippen MR) is 111 cm³/mol. The van der Waals surface area contributed by atoms with Crippen molar-refractivity contribution in [1.82, 2.24) is 4.98 Å². The molecule has 0 saturated heterocycles. The maximum absolute atomic E-state index is 13.8. The van der Waals surface area contributed by atoms with Crippen LogP contribution in [0.5, 0.6) is 0 Å². The van der Waals surface area contributed by atoms with Crippen molar-refractivity contribution >= 4 is 28.9 Å². The summed E-state index contributed by atoms with van der Waals surface area (Å²) in [4.78, 5) is 5.73. The molecule has 1 fully saturated rings. The molecule has 3 nitrogen and oxygen atoms in total. The fraction of sp³-hybridized carbons (Fsp3) is 0.130. The van der Waals surface area contributed by atoms with Crippen molar-refractivity contribution in [1.29, 1.82) is 5.26 Å². The number of hydrogen-bond acceptors (Lipinski definition) is 4. The largest absolute Gasteiger partial charge is 0.429 e. The van der Waals surface area contributed by atoms with E-state index in [-0.39, 0.29) is 17.7 Å². The molecule has 6 heteroatoms. The van der Waals surface area contributed by atoms with Crippen LogP contribution < -0.4 is 0 Å². The van der Waals surface area contributed by atoms with Gasteiger partial charge in [0.15, 0.2) is 5.09 Å². The minimum absolute atomic E-state index is 0.0346. The van der Waals surface area contributed by atoms with Gasteiger partial charge in [-0.05, 0) is 66.6 Å². The van der Waals surface area contributed by atoms with Gasteiger partial charge in [-0.1, -0.05) is 29.8 Å². The third kappa shape index (κ3) is 3.50. The van der Waals surface area contributed by atoms with E-state index in [0.717, 1.165) is 22.5 Å². The topological polar surface area (TPSA) is 49.8 Å². The van der Waals surface area contributed by atoms with E-state index in [0.29, 0.717) is 27.3 Å². The standard InChI is InChI=1S/C23H14ClFN2OS/c24-15-5-7-16(8-6-15)29-23-21(14-3-1-13(12-26)2-4-14)27-22(28-23)17-9-10-20(25)19-11-18(17)19/h1-10,18-19H,11H2. The van der Waals surface area contributed by atoms with Crippen LogP contribution in [-0.2, 0) is 0 Å². The van der Waals surface area contributed by atoms with Crippen LogP contribution in [0.3, 0.4) is 0 Å². The normalized spacial score (nSPS) is 19.8. The van der Waals surface area contributed by atoms with Gasteiger partial charge >= 0.3 is 0 Å². The minimum Gasteiger partial charge on any atom is -0.429 e. The number of hydrogen-bond donors (Lipinski definition) is 0. The Hall–Kier alpha value is -2.81. The van der Waals surface area contributed by atoms with Gasteiger partial charge in [0.1, 0.15) is 11.5 Å². The molecule has 5 rings (SSSR count). The molecule has 0 radical (unpaired) electrons. The Labute approximate surface area is 176 Å². The molecule has 0 aliphatic heterocycles. The first-order chi connectivity index (χ1) is 14.1. The number of nitriles is 1. The summed E-state index contributed by atoms with van der Waals surface area (Å²) in [7, 11) is 0. The highest BCUT2D eigenvalue weighted by Crippen LogP contribution is 2.55. The second-order valence-electron chi connectivity index (χ2n) is 7.02. The second kappa shape index (κ2) is 7.22. The van der Waals surface area contributed by atoms with Crippen LogP contribution in [0.4, 0.5) is 4.39 Å². The molecule has 2 unspecified atom stereocenters. The van der Waals surface area contributed by atoms with E-state index in [1.165, 1.54) is 17.8 Å². The Morgan fingerprint density at radius 1 is 1.07 bits per heavy atom. The van der Waals surface area contributed by atoms with Gasteiger partial charge in [-0.25, -0.2) is 9.37 Å².